The number of benzene rings is 5. The van der Waals surface area contributed by atoms with E-state index in [2.05, 4.69) is 89.6 Å². The second-order valence-corrected chi connectivity index (χ2v) is 10.4. The van der Waals surface area contributed by atoms with Crippen molar-refractivity contribution >= 4 is 86.3 Å². The number of para-hydroxylation sites is 1. The standard InChI is InChI=1S/C30H16OS2/c1-3-7-26-19(5-1)22-10-9-21-24(25-16-33-27-8-4-2-6-20(25)27)14-18-15-28-17(11-12-32-28)13-23(18)29(21)30(22)31-26/h1-16H. The van der Waals surface area contributed by atoms with Crippen molar-refractivity contribution in [1.82, 2.24) is 0 Å². The molecule has 0 atom stereocenters. The van der Waals surface area contributed by atoms with E-state index < -0.39 is 0 Å². The van der Waals surface area contributed by atoms with Gasteiger partial charge in [0.15, 0.2) is 0 Å². The monoisotopic (exact) mass is 456 g/mol. The number of thiophene rings is 2. The molecule has 0 bridgehead atoms. The summed E-state index contributed by atoms with van der Waals surface area (Å²) >= 11 is 3.61. The molecule has 0 spiro atoms. The highest BCUT2D eigenvalue weighted by molar-refractivity contribution is 7.18. The molecule has 0 fully saturated rings. The molecule has 1 nitrogen and oxygen atoms in total. The van der Waals surface area contributed by atoms with Crippen molar-refractivity contribution in [3.05, 3.63) is 95.7 Å². The summed E-state index contributed by atoms with van der Waals surface area (Å²) in [6, 6.07) is 30.8. The Morgan fingerprint density at radius 1 is 0.545 bits per heavy atom. The van der Waals surface area contributed by atoms with Gasteiger partial charge in [0, 0.05) is 36.5 Å². The van der Waals surface area contributed by atoms with Crippen LogP contribution in [-0.4, -0.2) is 0 Å². The Balaban J connectivity index is 1.63. The molecule has 0 unspecified atom stereocenters. The maximum absolute atomic E-state index is 6.53. The predicted molar refractivity (Wildman–Crippen MR) is 145 cm³/mol. The molecule has 0 aliphatic rings. The van der Waals surface area contributed by atoms with E-state index in [0.29, 0.717) is 0 Å². The molecule has 33 heavy (non-hydrogen) atoms. The van der Waals surface area contributed by atoms with Crippen molar-refractivity contribution in [2.45, 2.75) is 0 Å². The normalized spacial score (nSPS) is 12.2. The predicted octanol–water partition coefficient (Wildman–Crippen LogP) is 9.99. The molecule has 0 saturated heterocycles. The van der Waals surface area contributed by atoms with Crippen molar-refractivity contribution in [3.8, 4) is 11.1 Å². The zero-order chi connectivity index (χ0) is 21.5. The molecular formula is C30H16OS2. The third-order valence-corrected chi connectivity index (χ3v) is 8.65. The molecule has 0 radical (unpaired) electrons. The van der Waals surface area contributed by atoms with Crippen LogP contribution in [0.25, 0.3) is 74.8 Å². The number of hydrogen-bond acceptors (Lipinski definition) is 3. The maximum atomic E-state index is 6.53. The third-order valence-electron chi connectivity index (χ3n) is 6.80. The SMILES string of the molecule is c1ccc2c(c1)oc1c2ccc2c(-c3csc4ccccc34)cc3cc4sccc4cc3c21. The molecule has 3 aromatic heterocycles. The molecule has 8 rings (SSSR count). The summed E-state index contributed by atoms with van der Waals surface area (Å²) < 4.78 is 9.17. The van der Waals surface area contributed by atoms with Crippen molar-refractivity contribution in [2.75, 3.05) is 0 Å². The number of furan rings is 1. The van der Waals surface area contributed by atoms with Gasteiger partial charge in [-0.3, -0.25) is 0 Å². The van der Waals surface area contributed by atoms with Crippen molar-refractivity contribution in [2.24, 2.45) is 0 Å². The van der Waals surface area contributed by atoms with Gasteiger partial charge in [-0.1, -0.05) is 42.5 Å². The summed E-state index contributed by atoms with van der Waals surface area (Å²) in [7, 11) is 0. The Bertz CT molecular complexity index is 2030. The summed E-state index contributed by atoms with van der Waals surface area (Å²) in [5, 5.41) is 14.4. The molecule has 5 aromatic carbocycles. The van der Waals surface area contributed by atoms with Crippen molar-refractivity contribution < 1.29 is 4.42 Å². The lowest BCUT2D eigenvalue weighted by molar-refractivity contribution is 0.673. The number of hydrogen-bond donors (Lipinski definition) is 0. The fourth-order valence-corrected chi connectivity index (χ4v) is 7.06. The summed E-state index contributed by atoms with van der Waals surface area (Å²) in [5.41, 5.74) is 4.49. The lowest BCUT2D eigenvalue weighted by atomic mass is 9.91. The maximum Gasteiger partial charge on any atom is 0.143 e. The number of fused-ring (bicyclic) bond motifs is 9. The van der Waals surface area contributed by atoms with Crippen molar-refractivity contribution in [3.63, 3.8) is 0 Å². The second kappa shape index (κ2) is 6.44. The van der Waals surface area contributed by atoms with Gasteiger partial charge in [0.2, 0.25) is 0 Å². The van der Waals surface area contributed by atoms with E-state index >= 15 is 0 Å². The zero-order valence-corrected chi connectivity index (χ0v) is 19.1. The molecule has 0 N–H and O–H groups in total. The van der Waals surface area contributed by atoms with E-state index in [-0.39, 0.29) is 0 Å². The average molecular weight is 457 g/mol. The first-order chi connectivity index (χ1) is 16.3. The van der Waals surface area contributed by atoms with Crippen LogP contribution in [0.15, 0.2) is 100 Å². The Labute approximate surface area is 197 Å². The fraction of sp³-hybridized carbons (Fsp3) is 0. The van der Waals surface area contributed by atoms with Crippen LogP contribution in [0, 0.1) is 0 Å². The lowest BCUT2D eigenvalue weighted by Crippen LogP contribution is -1.85. The van der Waals surface area contributed by atoms with E-state index in [1.807, 2.05) is 17.4 Å². The molecule has 0 aliphatic carbocycles. The highest BCUT2D eigenvalue weighted by Gasteiger charge is 2.18. The minimum atomic E-state index is 0.941. The van der Waals surface area contributed by atoms with Gasteiger partial charge < -0.3 is 4.42 Å². The first-order valence-electron chi connectivity index (χ1n) is 11.0. The first kappa shape index (κ1) is 17.8. The average Bonchev–Trinajstić information content (AvgIpc) is 3.58. The van der Waals surface area contributed by atoms with E-state index in [1.54, 1.807) is 11.3 Å². The van der Waals surface area contributed by atoms with Crippen LogP contribution < -0.4 is 0 Å². The highest BCUT2D eigenvalue weighted by Crippen LogP contribution is 2.45. The smallest absolute Gasteiger partial charge is 0.143 e. The van der Waals surface area contributed by atoms with Gasteiger partial charge in [0.25, 0.3) is 0 Å². The van der Waals surface area contributed by atoms with Crippen molar-refractivity contribution in [1.29, 1.82) is 0 Å². The third kappa shape index (κ3) is 2.41. The molecular weight excluding hydrogens is 440 g/mol. The van der Waals surface area contributed by atoms with Gasteiger partial charge in [-0.2, -0.15) is 0 Å². The van der Waals surface area contributed by atoms with Gasteiger partial charge in [0.05, 0.1) is 0 Å². The number of rotatable bonds is 1. The summed E-state index contributed by atoms with van der Waals surface area (Å²) in [6.07, 6.45) is 0. The summed E-state index contributed by atoms with van der Waals surface area (Å²) in [4.78, 5) is 0. The van der Waals surface area contributed by atoms with E-state index in [1.165, 1.54) is 63.6 Å². The highest BCUT2D eigenvalue weighted by atomic mass is 32.1. The van der Waals surface area contributed by atoms with Gasteiger partial charge in [-0.15, -0.1) is 22.7 Å². The van der Waals surface area contributed by atoms with E-state index in [0.717, 1.165) is 11.2 Å². The Morgan fingerprint density at radius 3 is 2.36 bits per heavy atom. The topological polar surface area (TPSA) is 13.1 Å². The summed E-state index contributed by atoms with van der Waals surface area (Å²) in [6.45, 7) is 0. The quantitative estimate of drug-likeness (QED) is 0.224. The van der Waals surface area contributed by atoms with Crippen LogP contribution in [0.2, 0.25) is 0 Å². The van der Waals surface area contributed by atoms with Crippen LogP contribution in [0.3, 0.4) is 0 Å². The molecule has 154 valence electrons. The minimum Gasteiger partial charge on any atom is -0.455 e. The summed E-state index contributed by atoms with van der Waals surface area (Å²) in [5.74, 6) is 0. The van der Waals surface area contributed by atoms with E-state index in [9.17, 15) is 0 Å². The largest absolute Gasteiger partial charge is 0.455 e. The first-order valence-corrected chi connectivity index (χ1v) is 12.8. The second-order valence-electron chi connectivity index (χ2n) is 8.56. The molecule has 3 heterocycles. The van der Waals surface area contributed by atoms with Gasteiger partial charge >= 0.3 is 0 Å². The van der Waals surface area contributed by atoms with Gasteiger partial charge in [-0.25, -0.2) is 0 Å². The molecule has 0 amide bonds. The zero-order valence-electron chi connectivity index (χ0n) is 17.5. The molecule has 8 aromatic rings. The Morgan fingerprint density at radius 2 is 1.39 bits per heavy atom. The van der Waals surface area contributed by atoms with Crippen LogP contribution >= 0.6 is 22.7 Å². The fourth-order valence-electron chi connectivity index (χ4n) is 5.28. The van der Waals surface area contributed by atoms with Gasteiger partial charge in [0.1, 0.15) is 11.2 Å². The molecule has 3 heteroatoms. The Kier molecular flexibility index (Phi) is 3.48. The lowest BCUT2D eigenvalue weighted by Gasteiger charge is -2.12. The van der Waals surface area contributed by atoms with Crippen LogP contribution in [-0.2, 0) is 0 Å². The van der Waals surface area contributed by atoms with Crippen LogP contribution in [0.1, 0.15) is 0 Å². The molecule has 0 aliphatic heterocycles. The van der Waals surface area contributed by atoms with E-state index in [4.69, 9.17) is 4.42 Å². The minimum absolute atomic E-state index is 0.941. The van der Waals surface area contributed by atoms with Gasteiger partial charge in [-0.05, 0) is 80.3 Å². The molecule has 0 saturated carbocycles. The Hall–Kier alpha value is -3.66. The van der Waals surface area contributed by atoms with Crippen LogP contribution in [0.5, 0.6) is 0 Å². The van der Waals surface area contributed by atoms with Crippen LogP contribution in [0.4, 0.5) is 0 Å².